The van der Waals surface area contributed by atoms with Gasteiger partial charge in [0.1, 0.15) is 5.75 Å². The van der Waals surface area contributed by atoms with E-state index in [1.54, 1.807) is 21.1 Å². The zero-order chi connectivity index (χ0) is 13.8. The van der Waals surface area contributed by atoms with Gasteiger partial charge in [0.25, 0.3) is 0 Å². The highest BCUT2D eigenvalue weighted by molar-refractivity contribution is 7.92. The maximum atomic E-state index is 11.9. The van der Waals surface area contributed by atoms with Crippen LogP contribution >= 0.6 is 0 Å². The lowest BCUT2D eigenvalue weighted by Crippen LogP contribution is -2.42. The molecule has 0 aromatic heterocycles. The third-order valence-electron chi connectivity index (χ3n) is 3.18. The number of nitrogens with one attached hydrogen (secondary N) is 1. The van der Waals surface area contributed by atoms with E-state index in [9.17, 15) is 13.2 Å². The van der Waals surface area contributed by atoms with E-state index in [-0.39, 0.29) is 23.6 Å². The average Bonchev–Trinajstić information content (AvgIpc) is 2.78. The van der Waals surface area contributed by atoms with Crippen LogP contribution in [0.15, 0.2) is 0 Å². The third-order valence-corrected chi connectivity index (χ3v) is 4.73. The second-order valence-corrected chi connectivity index (χ2v) is 6.97. The molecule has 1 aliphatic heterocycles. The van der Waals surface area contributed by atoms with Crippen LogP contribution in [0.3, 0.4) is 0 Å². The summed E-state index contributed by atoms with van der Waals surface area (Å²) in [7, 11) is 1.47. The zero-order valence-electron chi connectivity index (χ0n) is 11.2. The fraction of sp³-hybridized carbons (Fsp3) is 0.909. The number of ether oxygens (including phenoxy) is 1. The van der Waals surface area contributed by atoms with Crippen molar-refractivity contribution in [2.24, 2.45) is 5.92 Å². The Hall–Kier alpha value is -0.660. The van der Waals surface area contributed by atoms with Crippen LogP contribution in [0.4, 0.5) is 0 Å². The van der Waals surface area contributed by atoms with Crippen LogP contribution in [0.1, 0.15) is 6.42 Å². The highest BCUT2D eigenvalue weighted by atomic mass is 32.2. The molecule has 1 saturated heterocycles. The Morgan fingerprint density at radius 2 is 2.17 bits per heavy atom. The van der Waals surface area contributed by atoms with E-state index < -0.39 is 15.6 Å². The molecule has 0 saturated carbocycles. The zero-order valence-corrected chi connectivity index (χ0v) is 12.0. The Balaban J connectivity index is 2.59. The van der Waals surface area contributed by atoms with Gasteiger partial charge in [-0.3, -0.25) is 4.79 Å². The number of carbonyl (C=O) groups is 1. The normalized spacial score (nSPS) is 21.8. The van der Waals surface area contributed by atoms with Gasteiger partial charge in [-0.25, -0.2) is 8.42 Å². The van der Waals surface area contributed by atoms with Crippen molar-refractivity contribution in [2.45, 2.75) is 12.5 Å². The van der Waals surface area contributed by atoms with E-state index in [1.807, 2.05) is 0 Å². The van der Waals surface area contributed by atoms with Gasteiger partial charge in [0.15, 0.2) is 9.84 Å². The molecule has 1 N–H and O–H groups in total. The fourth-order valence-corrected chi connectivity index (χ4v) is 3.71. The molecule has 1 rings (SSSR count). The average molecular weight is 278 g/mol. The maximum absolute atomic E-state index is 11.9. The summed E-state index contributed by atoms with van der Waals surface area (Å²) in [5.74, 6) is -0.616. The van der Waals surface area contributed by atoms with E-state index in [0.29, 0.717) is 13.2 Å². The summed E-state index contributed by atoms with van der Waals surface area (Å²) in [6.45, 7) is 1.27. The summed E-state index contributed by atoms with van der Waals surface area (Å²) < 4.78 is 29.1. The lowest BCUT2D eigenvalue weighted by atomic mass is 10.0. The summed E-state index contributed by atoms with van der Waals surface area (Å²) in [5, 5.41) is 3.02. The first kappa shape index (κ1) is 15.4. The first-order valence-electron chi connectivity index (χ1n) is 6.01. The number of hydrogen-bond acceptors (Lipinski definition) is 5. The smallest absolute Gasteiger partial charge is 0.237 e. The van der Waals surface area contributed by atoms with Gasteiger partial charge in [-0.15, -0.1) is 0 Å². The molecule has 0 radical (unpaired) electrons. The summed E-state index contributed by atoms with van der Waals surface area (Å²) in [5.41, 5.74) is 0. The van der Waals surface area contributed by atoms with E-state index in [2.05, 4.69) is 5.32 Å². The van der Waals surface area contributed by atoms with Gasteiger partial charge in [-0.1, -0.05) is 0 Å². The van der Waals surface area contributed by atoms with Crippen LogP contribution in [0, 0.1) is 5.92 Å². The third kappa shape index (κ3) is 4.55. The minimum atomic E-state index is -3.38. The van der Waals surface area contributed by atoms with E-state index in [0.717, 1.165) is 6.42 Å². The van der Waals surface area contributed by atoms with E-state index in [1.165, 1.54) is 4.90 Å². The molecule has 7 heteroatoms. The number of carbonyl (C=O) groups excluding carboxylic acids is 1. The topological polar surface area (TPSA) is 75.7 Å². The molecule has 2 atom stereocenters. The summed E-state index contributed by atoms with van der Waals surface area (Å²) in [6, 6.07) is -0.146. The predicted molar refractivity (Wildman–Crippen MR) is 69.1 cm³/mol. The van der Waals surface area contributed by atoms with Gasteiger partial charge in [-0.2, -0.15) is 0 Å². The Labute approximate surface area is 109 Å². The van der Waals surface area contributed by atoms with Gasteiger partial charge < -0.3 is 15.0 Å². The number of nitrogens with zero attached hydrogens (tertiary/aromatic N) is 1. The summed E-state index contributed by atoms with van der Waals surface area (Å²) in [6.07, 6.45) is 0.864. The van der Waals surface area contributed by atoms with Gasteiger partial charge >= 0.3 is 0 Å². The van der Waals surface area contributed by atoms with Gasteiger partial charge in [0.05, 0.1) is 12.4 Å². The molecule has 0 aromatic rings. The largest absolute Gasteiger partial charge is 0.381 e. The molecule has 0 spiro atoms. The van der Waals surface area contributed by atoms with Crippen molar-refractivity contribution in [1.29, 1.82) is 0 Å². The minimum Gasteiger partial charge on any atom is -0.381 e. The monoisotopic (exact) mass is 278 g/mol. The Morgan fingerprint density at radius 3 is 2.61 bits per heavy atom. The molecule has 1 amide bonds. The molecule has 1 aliphatic rings. The predicted octanol–water partition coefficient (Wildman–Crippen LogP) is -0.886. The fourth-order valence-electron chi connectivity index (χ4n) is 1.97. The molecule has 1 fully saturated rings. The number of hydrogen-bond donors (Lipinski definition) is 1. The first-order chi connectivity index (χ1) is 8.35. The first-order valence-corrected chi connectivity index (χ1v) is 7.83. The quantitative estimate of drug-likeness (QED) is 0.682. The van der Waals surface area contributed by atoms with E-state index >= 15 is 0 Å². The highest BCUT2D eigenvalue weighted by Gasteiger charge is 2.30. The molecular weight excluding hydrogens is 256 g/mol. The highest BCUT2D eigenvalue weighted by Crippen LogP contribution is 2.18. The van der Waals surface area contributed by atoms with Crippen molar-refractivity contribution in [1.82, 2.24) is 10.2 Å². The van der Waals surface area contributed by atoms with Crippen LogP contribution in [0.5, 0.6) is 0 Å². The minimum absolute atomic E-state index is 0.0168. The second kappa shape index (κ2) is 6.49. The maximum Gasteiger partial charge on any atom is 0.237 e. The SMILES string of the molecule is CNC(CS(=O)(=O)CC(=O)N(C)C)C1CCOC1. The van der Waals surface area contributed by atoms with Crippen molar-refractivity contribution in [3.05, 3.63) is 0 Å². The van der Waals surface area contributed by atoms with Crippen LogP contribution < -0.4 is 5.32 Å². The van der Waals surface area contributed by atoms with Crippen molar-refractivity contribution >= 4 is 15.7 Å². The van der Waals surface area contributed by atoms with Crippen molar-refractivity contribution in [2.75, 3.05) is 45.9 Å². The Kier molecular flexibility index (Phi) is 5.55. The number of rotatable bonds is 6. The molecule has 1 heterocycles. The molecule has 0 bridgehead atoms. The standard InChI is InChI=1S/C11H22N2O4S/c1-12-10(9-4-5-17-6-9)7-18(15,16)8-11(14)13(2)3/h9-10,12H,4-8H2,1-3H3. The molecule has 18 heavy (non-hydrogen) atoms. The summed E-state index contributed by atoms with van der Waals surface area (Å²) >= 11 is 0. The lowest BCUT2D eigenvalue weighted by Gasteiger charge is -2.21. The van der Waals surface area contributed by atoms with E-state index in [4.69, 9.17) is 4.74 Å². The molecule has 106 valence electrons. The second-order valence-electron chi connectivity index (χ2n) is 4.86. The van der Waals surface area contributed by atoms with Gasteiger partial charge in [0, 0.05) is 32.7 Å². The van der Waals surface area contributed by atoms with Crippen LogP contribution in [0.25, 0.3) is 0 Å². The van der Waals surface area contributed by atoms with Gasteiger partial charge in [0.2, 0.25) is 5.91 Å². The Bertz CT molecular complexity index is 375. The van der Waals surface area contributed by atoms with Gasteiger partial charge in [-0.05, 0) is 13.5 Å². The van der Waals surface area contributed by atoms with Crippen molar-refractivity contribution in [3.63, 3.8) is 0 Å². The molecule has 2 unspecified atom stereocenters. The number of amides is 1. The van der Waals surface area contributed by atoms with Crippen LogP contribution in [0.2, 0.25) is 0 Å². The lowest BCUT2D eigenvalue weighted by molar-refractivity contribution is -0.125. The van der Waals surface area contributed by atoms with Crippen molar-refractivity contribution < 1.29 is 17.9 Å². The molecular formula is C11H22N2O4S. The van der Waals surface area contributed by atoms with Crippen LogP contribution in [-0.4, -0.2) is 71.1 Å². The van der Waals surface area contributed by atoms with Crippen molar-refractivity contribution in [3.8, 4) is 0 Å². The molecule has 6 nitrogen and oxygen atoms in total. The molecule has 0 aliphatic carbocycles. The molecule has 0 aromatic carbocycles. The number of sulfone groups is 1. The van der Waals surface area contributed by atoms with Crippen LogP contribution in [-0.2, 0) is 19.4 Å². The summed E-state index contributed by atoms with van der Waals surface area (Å²) in [4.78, 5) is 12.7. The Morgan fingerprint density at radius 1 is 1.50 bits per heavy atom.